The topological polar surface area (TPSA) is 73.8 Å². The molecule has 2 heterocycles. The number of imidazole rings is 1. The van der Waals surface area contributed by atoms with Crippen LogP contribution < -0.4 is 11.0 Å². The summed E-state index contributed by atoms with van der Waals surface area (Å²) in [6.45, 7) is 5.10. The van der Waals surface area contributed by atoms with Crippen molar-refractivity contribution in [2.75, 3.05) is 5.32 Å². The Kier molecular flexibility index (Phi) is 5.52. The van der Waals surface area contributed by atoms with Crippen LogP contribution in [0.3, 0.4) is 0 Å². The van der Waals surface area contributed by atoms with Crippen LogP contribution >= 0.6 is 0 Å². The highest BCUT2D eigenvalue weighted by molar-refractivity contribution is 5.90. The molecule has 0 bridgehead atoms. The van der Waals surface area contributed by atoms with Crippen molar-refractivity contribution in [3.8, 4) is 0 Å². The lowest BCUT2D eigenvalue weighted by Crippen LogP contribution is -2.29. The normalized spacial score (nSPS) is 11.1. The fourth-order valence-electron chi connectivity index (χ4n) is 3.67. The van der Waals surface area contributed by atoms with Gasteiger partial charge in [0.2, 0.25) is 5.91 Å². The zero-order valence-corrected chi connectivity index (χ0v) is 17.2. The summed E-state index contributed by atoms with van der Waals surface area (Å²) >= 11 is 0. The minimum atomic E-state index is -0.265. The van der Waals surface area contributed by atoms with E-state index in [9.17, 15) is 9.59 Å². The third-order valence-corrected chi connectivity index (χ3v) is 5.29. The van der Waals surface area contributed by atoms with Gasteiger partial charge in [0.25, 0.3) is 0 Å². The average molecular weight is 403 g/mol. The number of carbonyl (C=O) groups excluding carboxylic acids is 1. The summed E-state index contributed by atoms with van der Waals surface area (Å²) in [4.78, 5) is 25.5. The molecule has 0 aliphatic heterocycles. The monoisotopic (exact) mass is 403 g/mol. The van der Waals surface area contributed by atoms with E-state index in [1.165, 1.54) is 10.1 Å². The SMILES string of the molecule is CCc1ccc(Cn2nccc2NC(=O)Cn2c(=O)n(CC)c3ccccc32)cc1. The lowest BCUT2D eigenvalue weighted by molar-refractivity contribution is -0.116. The van der Waals surface area contributed by atoms with Gasteiger partial charge in [-0.25, -0.2) is 9.48 Å². The smallest absolute Gasteiger partial charge is 0.309 e. The Morgan fingerprint density at radius 1 is 0.933 bits per heavy atom. The Bertz CT molecular complexity index is 1230. The molecule has 7 heteroatoms. The molecule has 0 aliphatic carbocycles. The van der Waals surface area contributed by atoms with E-state index in [4.69, 9.17) is 0 Å². The molecule has 1 N–H and O–H groups in total. The van der Waals surface area contributed by atoms with E-state index in [2.05, 4.69) is 41.6 Å². The molecular weight excluding hydrogens is 378 g/mol. The van der Waals surface area contributed by atoms with Gasteiger partial charge in [0.15, 0.2) is 0 Å². The molecule has 2 aromatic heterocycles. The van der Waals surface area contributed by atoms with Crippen LogP contribution in [-0.4, -0.2) is 24.8 Å². The maximum Gasteiger partial charge on any atom is 0.329 e. The van der Waals surface area contributed by atoms with Gasteiger partial charge in [-0.15, -0.1) is 0 Å². The molecule has 0 fully saturated rings. The van der Waals surface area contributed by atoms with Crippen LogP contribution in [0.25, 0.3) is 11.0 Å². The molecule has 0 saturated heterocycles. The van der Waals surface area contributed by atoms with E-state index in [1.807, 2.05) is 31.2 Å². The molecule has 4 aromatic rings. The molecule has 0 radical (unpaired) electrons. The van der Waals surface area contributed by atoms with Crippen LogP contribution in [0.15, 0.2) is 65.6 Å². The maximum absolute atomic E-state index is 12.7. The van der Waals surface area contributed by atoms with Crippen LogP contribution in [0, 0.1) is 0 Å². The second kappa shape index (κ2) is 8.41. The van der Waals surface area contributed by atoms with Gasteiger partial charge in [-0.1, -0.05) is 43.3 Å². The first kappa shape index (κ1) is 19.7. The average Bonchev–Trinajstić information content (AvgIpc) is 3.30. The summed E-state index contributed by atoms with van der Waals surface area (Å²) in [5.74, 6) is 0.339. The number of rotatable bonds is 7. The molecule has 2 aromatic carbocycles. The Morgan fingerprint density at radius 3 is 2.27 bits per heavy atom. The van der Waals surface area contributed by atoms with Gasteiger partial charge in [0, 0.05) is 12.6 Å². The summed E-state index contributed by atoms with van der Waals surface area (Å²) in [7, 11) is 0. The van der Waals surface area contributed by atoms with Crippen molar-refractivity contribution in [1.29, 1.82) is 0 Å². The van der Waals surface area contributed by atoms with Gasteiger partial charge in [0.05, 0.1) is 23.8 Å². The number of aryl methyl sites for hydroxylation is 2. The summed E-state index contributed by atoms with van der Waals surface area (Å²) in [5.41, 5.74) is 3.79. The van der Waals surface area contributed by atoms with Gasteiger partial charge >= 0.3 is 5.69 Å². The molecule has 0 saturated carbocycles. The van der Waals surface area contributed by atoms with Gasteiger partial charge in [-0.3, -0.25) is 13.9 Å². The Labute approximate surface area is 174 Å². The molecule has 30 heavy (non-hydrogen) atoms. The third kappa shape index (κ3) is 3.78. The summed E-state index contributed by atoms with van der Waals surface area (Å²) in [6.07, 6.45) is 2.66. The van der Waals surface area contributed by atoms with Crippen molar-refractivity contribution >= 4 is 22.8 Å². The van der Waals surface area contributed by atoms with Gasteiger partial charge in [-0.05, 0) is 36.6 Å². The molecule has 0 atom stereocenters. The summed E-state index contributed by atoms with van der Waals surface area (Å²) in [5, 5.41) is 7.22. The zero-order chi connectivity index (χ0) is 21.1. The lowest BCUT2D eigenvalue weighted by Gasteiger charge is -2.10. The highest BCUT2D eigenvalue weighted by Crippen LogP contribution is 2.14. The van der Waals surface area contributed by atoms with E-state index >= 15 is 0 Å². The molecule has 7 nitrogen and oxygen atoms in total. The number of hydrogen-bond acceptors (Lipinski definition) is 3. The number of para-hydroxylation sites is 2. The number of hydrogen-bond donors (Lipinski definition) is 1. The second-order valence-corrected chi connectivity index (χ2v) is 7.19. The first-order valence-corrected chi connectivity index (χ1v) is 10.2. The summed E-state index contributed by atoms with van der Waals surface area (Å²) in [6, 6.07) is 17.6. The largest absolute Gasteiger partial charge is 0.329 e. The minimum absolute atomic E-state index is 0.0529. The van der Waals surface area contributed by atoms with Crippen molar-refractivity contribution in [3.05, 3.63) is 82.4 Å². The number of anilines is 1. The molecule has 154 valence electrons. The van der Waals surface area contributed by atoms with Crippen LogP contribution in [0.2, 0.25) is 0 Å². The Morgan fingerprint density at radius 2 is 1.60 bits per heavy atom. The van der Waals surface area contributed by atoms with Gasteiger partial charge in [-0.2, -0.15) is 5.10 Å². The highest BCUT2D eigenvalue weighted by atomic mass is 16.2. The molecular formula is C23H25N5O2. The van der Waals surface area contributed by atoms with E-state index in [0.29, 0.717) is 18.9 Å². The second-order valence-electron chi connectivity index (χ2n) is 7.19. The molecule has 0 spiro atoms. The third-order valence-electron chi connectivity index (χ3n) is 5.29. The van der Waals surface area contributed by atoms with Crippen molar-refractivity contribution in [3.63, 3.8) is 0 Å². The van der Waals surface area contributed by atoms with Gasteiger partial charge < -0.3 is 5.32 Å². The number of aromatic nitrogens is 4. The van der Waals surface area contributed by atoms with E-state index in [-0.39, 0.29) is 18.1 Å². The van der Waals surface area contributed by atoms with Crippen molar-refractivity contribution < 1.29 is 4.79 Å². The van der Waals surface area contributed by atoms with Crippen LogP contribution in [0.1, 0.15) is 25.0 Å². The predicted molar refractivity (Wildman–Crippen MR) is 118 cm³/mol. The van der Waals surface area contributed by atoms with E-state index in [1.54, 1.807) is 21.5 Å². The molecule has 0 aliphatic rings. The van der Waals surface area contributed by atoms with E-state index < -0.39 is 0 Å². The van der Waals surface area contributed by atoms with Crippen LogP contribution in [-0.2, 0) is 30.8 Å². The standard InChI is InChI=1S/C23H25N5O2/c1-3-17-9-11-18(12-10-17)15-28-21(13-14-24-28)25-22(29)16-27-20-8-6-5-7-19(20)26(4-2)23(27)30/h5-14H,3-4,15-16H2,1-2H3,(H,25,29). The maximum atomic E-state index is 12.7. The van der Waals surface area contributed by atoms with Crippen molar-refractivity contribution in [2.45, 2.75) is 39.9 Å². The fourth-order valence-corrected chi connectivity index (χ4v) is 3.67. The van der Waals surface area contributed by atoms with Crippen molar-refractivity contribution in [2.24, 2.45) is 0 Å². The summed E-state index contributed by atoms with van der Waals surface area (Å²) < 4.78 is 4.93. The molecule has 0 unspecified atom stereocenters. The number of nitrogens with zero attached hydrogens (tertiary/aromatic N) is 4. The van der Waals surface area contributed by atoms with Crippen LogP contribution in [0.4, 0.5) is 5.82 Å². The number of benzene rings is 2. The number of amides is 1. The number of nitrogens with one attached hydrogen (secondary N) is 1. The molecule has 1 amide bonds. The quantitative estimate of drug-likeness (QED) is 0.515. The Balaban J connectivity index is 1.52. The first-order chi connectivity index (χ1) is 14.6. The predicted octanol–water partition coefficient (Wildman–Crippen LogP) is 3.27. The molecule has 4 rings (SSSR count). The fraction of sp³-hybridized carbons (Fsp3) is 0.261. The van der Waals surface area contributed by atoms with Gasteiger partial charge in [0.1, 0.15) is 12.4 Å². The van der Waals surface area contributed by atoms with Crippen molar-refractivity contribution in [1.82, 2.24) is 18.9 Å². The number of carbonyl (C=O) groups is 1. The minimum Gasteiger partial charge on any atom is -0.309 e. The Hall–Kier alpha value is -3.61. The first-order valence-electron chi connectivity index (χ1n) is 10.2. The lowest BCUT2D eigenvalue weighted by atomic mass is 10.1. The number of fused-ring (bicyclic) bond motifs is 1. The van der Waals surface area contributed by atoms with E-state index in [0.717, 1.165) is 23.0 Å². The highest BCUT2D eigenvalue weighted by Gasteiger charge is 2.15. The zero-order valence-electron chi connectivity index (χ0n) is 17.2. The van der Waals surface area contributed by atoms with Crippen LogP contribution in [0.5, 0.6) is 0 Å².